The van der Waals surface area contributed by atoms with Crippen LogP contribution in [0.15, 0.2) is 12.7 Å². The van der Waals surface area contributed by atoms with Gasteiger partial charge in [0.1, 0.15) is 6.17 Å². The fraction of sp³-hybridized carbons (Fsp3) is 0.867. The highest BCUT2D eigenvalue weighted by atomic mass is 19.1. The molecule has 6 rings (SSSR count). The van der Waals surface area contributed by atoms with E-state index in [1.807, 2.05) is 18.7 Å². The minimum Gasteiger partial charge on any atom is -0.331 e. The van der Waals surface area contributed by atoms with Crippen LogP contribution in [0.5, 0.6) is 0 Å². The number of urea groups is 1. The number of hydrogen-bond donors (Lipinski definition) is 5. The largest absolute Gasteiger partial charge is 0.331 e. The number of rotatable bonds is 3. The molecular formula is C30H52FN9O2. The number of amides is 3. The molecule has 6 heterocycles. The number of hydrogen-bond acceptors (Lipinski definition) is 8. The quantitative estimate of drug-likeness (QED) is 0.310. The van der Waals surface area contributed by atoms with Gasteiger partial charge in [-0.25, -0.2) is 19.6 Å². The lowest BCUT2D eigenvalue weighted by Gasteiger charge is -2.60. The van der Waals surface area contributed by atoms with E-state index < -0.39 is 12.2 Å². The second-order valence-corrected chi connectivity index (χ2v) is 14.0. The lowest BCUT2D eigenvalue weighted by atomic mass is 9.75. The Bertz CT molecular complexity index is 1010. The predicted octanol–water partition coefficient (Wildman–Crippen LogP) is 0.967. The molecule has 6 aliphatic rings. The standard InChI is InChI=1S/C30H52FN9O2/c1-6-24(41)39-18(4)15-37(16-19(39)5)28-21-13-22(31)26-23-14-33-36-38(23)12-8-7-9-20-10-11-32-25(17(2)3)27(20)40(29(21)34-26)30(42)35-28/h6,17-23,25-29,32-34,36H,1,7-16H2,2-5H3,(H,35,42). The van der Waals surface area contributed by atoms with Crippen molar-refractivity contribution in [3.8, 4) is 0 Å². The number of hydrazine groups is 2. The summed E-state index contributed by atoms with van der Waals surface area (Å²) < 4.78 is 16.4. The highest BCUT2D eigenvalue weighted by Crippen LogP contribution is 2.40. The molecule has 0 aromatic heterocycles. The minimum absolute atomic E-state index is 0.0341. The molecular weight excluding hydrogens is 537 g/mol. The van der Waals surface area contributed by atoms with E-state index in [-0.39, 0.29) is 60.4 Å². The van der Waals surface area contributed by atoms with Gasteiger partial charge in [-0.1, -0.05) is 26.8 Å². The van der Waals surface area contributed by atoms with Crippen molar-refractivity contribution in [3.05, 3.63) is 12.7 Å². The molecule has 236 valence electrons. The van der Waals surface area contributed by atoms with Crippen LogP contribution < -0.4 is 26.9 Å². The number of halogens is 1. The summed E-state index contributed by atoms with van der Waals surface area (Å²) in [5.41, 5.74) is 6.54. The van der Waals surface area contributed by atoms with Gasteiger partial charge in [0.2, 0.25) is 5.91 Å². The Balaban J connectivity index is 1.36. The molecule has 0 aromatic rings. The molecule has 0 radical (unpaired) electrons. The van der Waals surface area contributed by atoms with E-state index in [0.29, 0.717) is 37.9 Å². The Hall–Kier alpha value is -1.83. The number of piperidine rings is 2. The van der Waals surface area contributed by atoms with Crippen molar-refractivity contribution in [2.24, 2.45) is 17.8 Å². The van der Waals surface area contributed by atoms with Crippen LogP contribution in [0.25, 0.3) is 0 Å². The van der Waals surface area contributed by atoms with E-state index >= 15 is 4.39 Å². The van der Waals surface area contributed by atoms with Gasteiger partial charge in [0.25, 0.3) is 0 Å². The molecule has 5 N–H and O–H groups in total. The molecule has 11 atom stereocenters. The normalized spacial score (nSPS) is 43.6. The third-order valence-electron chi connectivity index (χ3n) is 11.0. The van der Waals surface area contributed by atoms with Gasteiger partial charge in [0, 0.05) is 50.2 Å². The number of piperazine rings is 1. The number of carbonyl (C=O) groups is 2. The fourth-order valence-corrected chi connectivity index (χ4v) is 9.19. The van der Waals surface area contributed by atoms with Crippen LogP contribution in [0.1, 0.15) is 59.8 Å². The van der Waals surface area contributed by atoms with Gasteiger partial charge < -0.3 is 20.4 Å². The first kappa shape index (κ1) is 30.2. The van der Waals surface area contributed by atoms with E-state index in [0.717, 1.165) is 38.8 Å². The first-order valence-electron chi connectivity index (χ1n) is 16.4. The summed E-state index contributed by atoms with van der Waals surface area (Å²) in [4.78, 5) is 33.3. The number of nitrogens with one attached hydrogen (secondary N) is 5. The second-order valence-electron chi connectivity index (χ2n) is 14.0. The molecule has 6 fully saturated rings. The number of alkyl halides is 1. The van der Waals surface area contributed by atoms with Crippen molar-refractivity contribution in [1.29, 1.82) is 0 Å². The lowest BCUT2D eigenvalue weighted by molar-refractivity contribution is -0.137. The summed E-state index contributed by atoms with van der Waals surface area (Å²) in [5, 5.41) is 13.1. The maximum absolute atomic E-state index is 16.4. The van der Waals surface area contributed by atoms with Gasteiger partial charge in [-0.3, -0.25) is 15.0 Å². The predicted molar refractivity (Wildman–Crippen MR) is 159 cm³/mol. The number of carbonyl (C=O) groups excluding carboxylic acids is 2. The average molecular weight is 590 g/mol. The van der Waals surface area contributed by atoms with Crippen LogP contribution in [-0.2, 0) is 4.79 Å². The van der Waals surface area contributed by atoms with Gasteiger partial charge in [-0.05, 0) is 64.0 Å². The maximum atomic E-state index is 16.4. The zero-order chi connectivity index (χ0) is 29.7. The Kier molecular flexibility index (Phi) is 8.83. The molecule has 0 aliphatic carbocycles. The van der Waals surface area contributed by atoms with E-state index in [1.165, 1.54) is 6.08 Å². The third-order valence-corrected chi connectivity index (χ3v) is 11.0. The first-order chi connectivity index (χ1) is 20.2. The minimum atomic E-state index is -1.05. The third kappa shape index (κ3) is 5.36. The molecule has 2 bridgehead atoms. The molecule has 0 saturated carbocycles. The highest BCUT2D eigenvalue weighted by molar-refractivity contribution is 5.87. The van der Waals surface area contributed by atoms with E-state index in [2.05, 4.69) is 62.1 Å². The Morgan fingerprint density at radius 1 is 1.12 bits per heavy atom. The summed E-state index contributed by atoms with van der Waals surface area (Å²) in [5.74, 6) is 0.541. The van der Waals surface area contributed by atoms with Crippen LogP contribution in [0, 0.1) is 17.8 Å². The van der Waals surface area contributed by atoms with Gasteiger partial charge >= 0.3 is 6.03 Å². The van der Waals surface area contributed by atoms with Crippen LogP contribution in [0.4, 0.5) is 9.18 Å². The Morgan fingerprint density at radius 3 is 2.60 bits per heavy atom. The van der Waals surface area contributed by atoms with Crippen molar-refractivity contribution in [2.75, 3.05) is 32.7 Å². The zero-order valence-corrected chi connectivity index (χ0v) is 25.8. The van der Waals surface area contributed by atoms with Crippen LogP contribution in [-0.4, -0.2) is 119 Å². The lowest BCUT2D eigenvalue weighted by Crippen LogP contribution is -2.80. The van der Waals surface area contributed by atoms with Crippen molar-refractivity contribution in [2.45, 2.75) is 115 Å². The first-order valence-corrected chi connectivity index (χ1v) is 16.4. The summed E-state index contributed by atoms with van der Waals surface area (Å²) in [6.07, 6.45) is 4.34. The van der Waals surface area contributed by atoms with Gasteiger partial charge in [-0.15, -0.1) is 0 Å². The molecule has 11 unspecified atom stereocenters. The van der Waals surface area contributed by atoms with Gasteiger partial charge in [-0.2, -0.15) is 5.53 Å². The summed E-state index contributed by atoms with van der Waals surface area (Å²) in [7, 11) is 0. The van der Waals surface area contributed by atoms with Crippen molar-refractivity contribution >= 4 is 11.9 Å². The van der Waals surface area contributed by atoms with E-state index in [1.54, 1.807) is 0 Å². The number of nitrogens with zero attached hydrogens (tertiary/aromatic N) is 4. The van der Waals surface area contributed by atoms with Crippen LogP contribution in [0.2, 0.25) is 0 Å². The molecule has 6 aliphatic heterocycles. The molecule has 0 spiro atoms. The molecule has 12 heteroatoms. The SMILES string of the molecule is C=CC(=O)N1C(C)CN(C2NC(=O)N3C4NC(C(F)CC24)C2CNNN2CCCCC2CCNC(C(C)C)C23)CC1C. The number of fused-ring (bicyclic) bond motifs is 5. The van der Waals surface area contributed by atoms with Gasteiger partial charge in [0.05, 0.1) is 30.5 Å². The maximum Gasteiger partial charge on any atom is 0.320 e. The Morgan fingerprint density at radius 2 is 1.88 bits per heavy atom. The Labute approximate surface area is 250 Å². The average Bonchev–Trinajstić information content (AvgIpc) is 3.41. The molecule has 3 amide bonds. The molecule has 11 nitrogen and oxygen atoms in total. The van der Waals surface area contributed by atoms with Crippen LogP contribution in [0.3, 0.4) is 0 Å². The van der Waals surface area contributed by atoms with Crippen molar-refractivity contribution in [1.82, 2.24) is 46.6 Å². The van der Waals surface area contributed by atoms with Gasteiger partial charge in [0.15, 0.2) is 0 Å². The topological polar surface area (TPSA) is 107 Å². The highest BCUT2D eigenvalue weighted by Gasteiger charge is 2.56. The summed E-state index contributed by atoms with van der Waals surface area (Å²) in [6, 6.07) is -0.370. The van der Waals surface area contributed by atoms with E-state index in [4.69, 9.17) is 0 Å². The van der Waals surface area contributed by atoms with Crippen LogP contribution >= 0.6 is 0 Å². The summed E-state index contributed by atoms with van der Waals surface area (Å²) >= 11 is 0. The molecule has 0 aromatic carbocycles. The van der Waals surface area contributed by atoms with Crippen molar-refractivity contribution < 1.29 is 14.0 Å². The zero-order valence-electron chi connectivity index (χ0n) is 25.8. The van der Waals surface area contributed by atoms with Crippen molar-refractivity contribution in [3.63, 3.8) is 0 Å². The molecule has 42 heavy (non-hydrogen) atoms. The fourth-order valence-electron chi connectivity index (χ4n) is 9.19. The second kappa shape index (κ2) is 12.3. The summed E-state index contributed by atoms with van der Waals surface area (Å²) in [6.45, 7) is 16.0. The molecule has 6 saturated heterocycles. The smallest absolute Gasteiger partial charge is 0.320 e. The van der Waals surface area contributed by atoms with E-state index in [9.17, 15) is 9.59 Å². The monoisotopic (exact) mass is 589 g/mol.